The molecule has 0 amide bonds. The van der Waals surface area contributed by atoms with Crippen LogP contribution in [-0.4, -0.2) is 4.40 Å². The van der Waals surface area contributed by atoms with Gasteiger partial charge in [0, 0.05) is 11.7 Å². The summed E-state index contributed by atoms with van der Waals surface area (Å²) in [4.78, 5) is 11.6. The van der Waals surface area contributed by atoms with Gasteiger partial charge in [-0.05, 0) is 52.7 Å². The summed E-state index contributed by atoms with van der Waals surface area (Å²) >= 11 is 3.20. The maximum Gasteiger partial charge on any atom is 0.269 e. The lowest BCUT2D eigenvalue weighted by Gasteiger charge is -2.01. The number of pyridine rings is 2. The van der Waals surface area contributed by atoms with E-state index >= 15 is 0 Å². The van der Waals surface area contributed by atoms with Crippen molar-refractivity contribution in [2.45, 2.75) is 6.92 Å². The van der Waals surface area contributed by atoms with E-state index in [0.29, 0.717) is 4.47 Å². The molecule has 0 atom stereocenters. The van der Waals surface area contributed by atoms with Crippen LogP contribution in [0.5, 0.6) is 0 Å². The third kappa shape index (κ3) is 1.40. The fraction of sp³-hybridized carbons (Fsp3) is 0.100. The van der Waals surface area contributed by atoms with E-state index in [4.69, 9.17) is 0 Å². The Morgan fingerprint density at radius 1 is 1.31 bits per heavy atom. The average Bonchev–Trinajstić information content (AvgIpc) is 2.12. The standard InChI is InChI=1S/C10H8BrNO/c1-7-4-5-12-8(6-7)2-3-9(11)10(12)13/h2-6H,1H3. The first-order valence-electron chi connectivity index (χ1n) is 3.96. The monoisotopic (exact) mass is 237 g/mol. The van der Waals surface area contributed by atoms with Crippen molar-refractivity contribution in [2.75, 3.05) is 0 Å². The van der Waals surface area contributed by atoms with Crippen LogP contribution in [0.4, 0.5) is 0 Å². The van der Waals surface area contributed by atoms with Crippen LogP contribution in [-0.2, 0) is 0 Å². The number of fused-ring (bicyclic) bond motifs is 1. The van der Waals surface area contributed by atoms with Gasteiger partial charge in [-0.3, -0.25) is 9.20 Å². The minimum Gasteiger partial charge on any atom is -0.283 e. The fourth-order valence-electron chi connectivity index (χ4n) is 1.29. The van der Waals surface area contributed by atoms with E-state index in [2.05, 4.69) is 15.9 Å². The summed E-state index contributed by atoms with van der Waals surface area (Å²) in [7, 11) is 0. The molecule has 2 heterocycles. The third-order valence-corrected chi connectivity index (χ3v) is 2.57. The van der Waals surface area contributed by atoms with Gasteiger partial charge in [-0.15, -0.1) is 0 Å². The van der Waals surface area contributed by atoms with E-state index in [0.717, 1.165) is 11.1 Å². The first-order chi connectivity index (χ1) is 6.18. The largest absolute Gasteiger partial charge is 0.283 e. The van der Waals surface area contributed by atoms with Gasteiger partial charge in [0.15, 0.2) is 0 Å². The van der Waals surface area contributed by atoms with Gasteiger partial charge < -0.3 is 0 Å². The van der Waals surface area contributed by atoms with Crippen molar-refractivity contribution in [3.05, 3.63) is 50.9 Å². The molecular weight excluding hydrogens is 230 g/mol. The highest BCUT2D eigenvalue weighted by Crippen LogP contribution is 2.08. The van der Waals surface area contributed by atoms with E-state index in [1.807, 2.05) is 25.1 Å². The molecule has 2 nitrogen and oxygen atoms in total. The molecule has 0 aromatic carbocycles. The highest BCUT2D eigenvalue weighted by molar-refractivity contribution is 9.10. The number of rotatable bonds is 0. The number of hydrogen-bond donors (Lipinski definition) is 0. The SMILES string of the molecule is Cc1ccn2c(=O)c(Br)ccc2c1. The molecule has 0 N–H and O–H groups in total. The van der Waals surface area contributed by atoms with Gasteiger partial charge in [0.05, 0.1) is 4.47 Å². The van der Waals surface area contributed by atoms with Crippen LogP contribution in [0.15, 0.2) is 39.7 Å². The minimum atomic E-state index is -0.0162. The van der Waals surface area contributed by atoms with Gasteiger partial charge in [0.1, 0.15) is 0 Å². The van der Waals surface area contributed by atoms with Crippen molar-refractivity contribution in [3.63, 3.8) is 0 Å². The highest BCUT2D eigenvalue weighted by Gasteiger charge is 1.99. The van der Waals surface area contributed by atoms with Crippen molar-refractivity contribution < 1.29 is 0 Å². The summed E-state index contributed by atoms with van der Waals surface area (Å²) in [6.45, 7) is 2.01. The van der Waals surface area contributed by atoms with E-state index in [9.17, 15) is 4.79 Å². The summed E-state index contributed by atoms with van der Waals surface area (Å²) in [5.41, 5.74) is 2.06. The van der Waals surface area contributed by atoms with Gasteiger partial charge >= 0.3 is 0 Å². The third-order valence-electron chi connectivity index (χ3n) is 1.96. The molecule has 2 rings (SSSR count). The van der Waals surface area contributed by atoms with Crippen LogP contribution in [0, 0.1) is 6.92 Å². The molecule has 0 radical (unpaired) electrons. The van der Waals surface area contributed by atoms with Crippen molar-refractivity contribution in [2.24, 2.45) is 0 Å². The first kappa shape index (κ1) is 8.51. The summed E-state index contributed by atoms with van der Waals surface area (Å²) in [6, 6.07) is 7.59. The van der Waals surface area contributed by atoms with Crippen LogP contribution in [0.3, 0.4) is 0 Å². The maximum atomic E-state index is 11.6. The molecule has 13 heavy (non-hydrogen) atoms. The van der Waals surface area contributed by atoms with Crippen molar-refractivity contribution in [1.82, 2.24) is 4.40 Å². The highest BCUT2D eigenvalue weighted by atomic mass is 79.9. The Hall–Kier alpha value is -1.09. The van der Waals surface area contributed by atoms with Gasteiger partial charge in [-0.25, -0.2) is 0 Å². The molecule has 2 aromatic rings. The second-order valence-electron chi connectivity index (χ2n) is 2.99. The Kier molecular flexibility index (Phi) is 1.96. The summed E-state index contributed by atoms with van der Waals surface area (Å²) < 4.78 is 2.21. The van der Waals surface area contributed by atoms with Crippen LogP contribution >= 0.6 is 15.9 Å². The van der Waals surface area contributed by atoms with Crippen molar-refractivity contribution >= 4 is 21.4 Å². The molecule has 0 bridgehead atoms. The molecule has 0 aliphatic heterocycles. The molecule has 0 saturated heterocycles. The molecule has 0 unspecified atom stereocenters. The number of hydrogen-bond acceptors (Lipinski definition) is 1. The second kappa shape index (κ2) is 3.00. The van der Waals surface area contributed by atoms with E-state index < -0.39 is 0 Å². The van der Waals surface area contributed by atoms with E-state index in [1.54, 1.807) is 16.7 Å². The fourth-order valence-corrected chi connectivity index (χ4v) is 1.61. The Balaban J connectivity index is 2.95. The molecule has 0 spiro atoms. The normalized spacial score (nSPS) is 10.6. The van der Waals surface area contributed by atoms with Gasteiger partial charge in [-0.1, -0.05) is 0 Å². The van der Waals surface area contributed by atoms with Gasteiger partial charge in [-0.2, -0.15) is 0 Å². The molecule has 0 aliphatic carbocycles. The zero-order valence-electron chi connectivity index (χ0n) is 7.12. The molecule has 3 heteroatoms. The molecule has 2 aromatic heterocycles. The number of halogens is 1. The Morgan fingerprint density at radius 3 is 2.85 bits per heavy atom. The predicted octanol–water partition coefficient (Wildman–Crippen LogP) is 2.37. The van der Waals surface area contributed by atoms with Gasteiger partial charge in [0.2, 0.25) is 0 Å². The van der Waals surface area contributed by atoms with Crippen LogP contribution in [0.2, 0.25) is 0 Å². The zero-order chi connectivity index (χ0) is 9.42. The quantitative estimate of drug-likeness (QED) is 0.690. The molecule has 0 saturated carbocycles. The van der Waals surface area contributed by atoms with Crippen LogP contribution < -0.4 is 5.56 Å². The molecule has 66 valence electrons. The Labute approximate surface area is 84.0 Å². The lowest BCUT2D eigenvalue weighted by atomic mass is 10.2. The average molecular weight is 238 g/mol. The van der Waals surface area contributed by atoms with Gasteiger partial charge in [0.25, 0.3) is 5.56 Å². The van der Waals surface area contributed by atoms with Crippen molar-refractivity contribution in [1.29, 1.82) is 0 Å². The predicted molar refractivity (Wildman–Crippen MR) is 56.1 cm³/mol. The lowest BCUT2D eigenvalue weighted by Crippen LogP contribution is -2.13. The topological polar surface area (TPSA) is 21.5 Å². The number of nitrogens with zero attached hydrogens (tertiary/aromatic N) is 1. The summed E-state index contributed by atoms with van der Waals surface area (Å²) in [6.07, 6.45) is 1.79. The first-order valence-corrected chi connectivity index (χ1v) is 4.75. The lowest BCUT2D eigenvalue weighted by molar-refractivity contribution is 1.08. The molecule has 0 fully saturated rings. The Morgan fingerprint density at radius 2 is 2.08 bits per heavy atom. The second-order valence-corrected chi connectivity index (χ2v) is 3.84. The molecule has 0 aliphatic rings. The summed E-state index contributed by atoms with van der Waals surface area (Å²) in [5, 5.41) is 0. The number of aryl methyl sites for hydroxylation is 1. The van der Waals surface area contributed by atoms with Crippen LogP contribution in [0.25, 0.3) is 5.52 Å². The smallest absolute Gasteiger partial charge is 0.269 e. The van der Waals surface area contributed by atoms with Crippen molar-refractivity contribution in [3.8, 4) is 0 Å². The number of aromatic nitrogens is 1. The van der Waals surface area contributed by atoms with Crippen LogP contribution in [0.1, 0.15) is 5.56 Å². The summed E-state index contributed by atoms with van der Waals surface area (Å²) in [5.74, 6) is 0. The molecular formula is C10H8BrNO. The maximum absolute atomic E-state index is 11.6. The van der Waals surface area contributed by atoms with E-state index in [-0.39, 0.29) is 5.56 Å². The zero-order valence-corrected chi connectivity index (χ0v) is 8.71. The van der Waals surface area contributed by atoms with E-state index in [1.165, 1.54) is 0 Å². The Bertz CT molecular complexity index is 516. The minimum absolute atomic E-state index is 0.0162.